The molecule has 0 bridgehead atoms. The fraction of sp³-hybridized carbons (Fsp3) is 0.333. The summed E-state index contributed by atoms with van der Waals surface area (Å²) in [6, 6.07) is 10.1. The Morgan fingerprint density at radius 2 is 2.06 bits per heavy atom. The molecule has 0 radical (unpaired) electrons. The van der Waals surface area contributed by atoms with E-state index >= 15 is 0 Å². The van der Waals surface area contributed by atoms with Crippen molar-refractivity contribution >= 4 is 11.7 Å². The molecule has 0 aliphatic rings. The average molecular weight is 243 g/mol. The first kappa shape index (κ1) is 14.0. The molecule has 0 aliphatic carbocycles. The third kappa shape index (κ3) is 5.86. The minimum atomic E-state index is -0.409. The number of oxime groups is 1. The maximum absolute atomic E-state index is 10.7. The van der Waals surface area contributed by atoms with Crippen LogP contribution in [0.4, 0.5) is 0 Å². The highest BCUT2D eigenvalue weighted by atomic mass is 16.7. The number of hydrogen-bond donors (Lipinski definition) is 0. The molecule has 0 N–H and O–H groups in total. The Morgan fingerprint density at radius 3 is 2.67 bits per heavy atom. The zero-order valence-electron chi connectivity index (χ0n) is 10.6. The van der Waals surface area contributed by atoms with E-state index in [0.717, 1.165) is 18.6 Å². The molecule has 0 atom stereocenters. The van der Waals surface area contributed by atoms with Gasteiger partial charge in [0.25, 0.3) is 0 Å². The van der Waals surface area contributed by atoms with Crippen LogP contribution < -0.4 is 0 Å². The quantitative estimate of drug-likeness (QED) is 0.333. The highest BCUT2D eigenvalue weighted by Gasteiger charge is 2.02. The van der Waals surface area contributed by atoms with Crippen molar-refractivity contribution in [1.29, 1.82) is 0 Å². The molecular formula is C15H17NO2. The third-order valence-electron chi connectivity index (χ3n) is 2.41. The first-order valence-electron chi connectivity index (χ1n) is 5.93. The van der Waals surface area contributed by atoms with Crippen LogP contribution >= 0.6 is 0 Å². The van der Waals surface area contributed by atoms with Gasteiger partial charge in [-0.15, -0.1) is 12.3 Å². The summed E-state index contributed by atoms with van der Waals surface area (Å²) < 4.78 is 0. The van der Waals surface area contributed by atoms with Gasteiger partial charge in [-0.3, -0.25) is 0 Å². The second-order valence-corrected chi connectivity index (χ2v) is 3.93. The lowest BCUT2D eigenvalue weighted by atomic mass is 10.0. The monoisotopic (exact) mass is 243 g/mol. The molecule has 0 saturated carbocycles. The number of carbonyl (C=O) groups is 1. The van der Waals surface area contributed by atoms with Gasteiger partial charge in [0, 0.05) is 13.3 Å². The van der Waals surface area contributed by atoms with Crippen molar-refractivity contribution in [3.05, 3.63) is 35.9 Å². The van der Waals surface area contributed by atoms with Crippen LogP contribution in [0.25, 0.3) is 0 Å². The molecule has 0 spiro atoms. The van der Waals surface area contributed by atoms with E-state index in [2.05, 4.69) is 28.0 Å². The van der Waals surface area contributed by atoms with Gasteiger partial charge in [-0.2, -0.15) is 0 Å². The number of carbonyl (C=O) groups excluding carboxylic acids is 1. The van der Waals surface area contributed by atoms with Gasteiger partial charge in [0.1, 0.15) is 0 Å². The Balaban J connectivity index is 2.53. The number of hydrogen-bond acceptors (Lipinski definition) is 3. The fourth-order valence-corrected chi connectivity index (χ4v) is 1.49. The van der Waals surface area contributed by atoms with Crippen LogP contribution in [0.2, 0.25) is 0 Å². The van der Waals surface area contributed by atoms with Gasteiger partial charge in [0.15, 0.2) is 0 Å². The van der Waals surface area contributed by atoms with Crippen molar-refractivity contribution in [1.82, 2.24) is 0 Å². The molecule has 1 aromatic carbocycles. The van der Waals surface area contributed by atoms with Crippen molar-refractivity contribution in [3.8, 4) is 12.3 Å². The molecule has 3 nitrogen and oxygen atoms in total. The maximum atomic E-state index is 10.7. The van der Waals surface area contributed by atoms with Crippen molar-refractivity contribution in [2.45, 2.75) is 32.6 Å². The van der Waals surface area contributed by atoms with Gasteiger partial charge in [0.2, 0.25) is 0 Å². The van der Waals surface area contributed by atoms with E-state index in [1.165, 1.54) is 12.5 Å². The van der Waals surface area contributed by atoms with Gasteiger partial charge >= 0.3 is 5.97 Å². The van der Waals surface area contributed by atoms with Gasteiger partial charge in [-0.05, 0) is 24.8 Å². The van der Waals surface area contributed by atoms with Crippen molar-refractivity contribution in [2.24, 2.45) is 5.16 Å². The van der Waals surface area contributed by atoms with Crippen molar-refractivity contribution in [2.75, 3.05) is 0 Å². The molecule has 0 saturated heterocycles. The average Bonchev–Trinajstić information content (AvgIpc) is 2.39. The first-order valence-corrected chi connectivity index (χ1v) is 5.93. The zero-order valence-corrected chi connectivity index (χ0v) is 10.6. The summed E-state index contributed by atoms with van der Waals surface area (Å²) in [7, 11) is 0. The molecule has 1 rings (SSSR count). The molecule has 94 valence electrons. The second kappa shape index (κ2) is 8.08. The smallest absolute Gasteiger partial charge is 0.319 e. The summed E-state index contributed by atoms with van der Waals surface area (Å²) in [6.45, 7) is 1.33. The Bertz CT molecular complexity index is 443. The fourth-order valence-electron chi connectivity index (χ4n) is 1.49. The predicted molar refractivity (Wildman–Crippen MR) is 72.0 cm³/mol. The van der Waals surface area contributed by atoms with E-state index in [1.807, 2.05) is 18.2 Å². The van der Waals surface area contributed by atoms with Crippen LogP contribution in [0.15, 0.2) is 35.5 Å². The number of rotatable bonds is 6. The summed E-state index contributed by atoms with van der Waals surface area (Å²) in [5.74, 6) is 2.15. The summed E-state index contributed by atoms with van der Waals surface area (Å²) in [5.41, 5.74) is 2.06. The van der Waals surface area contributed by atoms with E-state index in [-0.39, 0.29) is 0 Å². The highest BCUT2D eigenvalue weighted by molar-refractivity contribution is 5.85. The lowest BCUT2D eigenvalue weighted by molar-refractivity contribution is -0.140. The summed E-state index contributed by atoms with van der Waals surface area (Å²) in [4.78, 5) is 15.4. The van der Waals surface area contributed by atoms with Crippen LogP contribution in [0.3, 0.4) is 0 Å². The SMILES string of the molecule is C#CCC/C(CCc1ccccc1)=N\OC(C)=O. The summed E-state index contributed by atoms with van der Waals surface area (Å²) >= 11 is 0. The van der Waals surface area contributed by atoms with Crippen LogP contribution in [-0.2, 0) is 16.1 Å². The van der Waals surface area contributed by atoms with Crippen molar-refractivity contribution in [3.63, 3.8) is 0 Å². The maximum Gasteiger partial charge on any atom is 0.331 e. The number of nitrogens with zero attached hydrogens (tertiary/aromatic N) is 1. The van der Waals surface area contributed by atoms with E-state index in [0.29, 0.717) is 12.8 Å². The lowest BCUT2D eigenvalue weighted by Gasteiger charge is -2.04. The lowest BCUT2D eigenvalue weighted by Crippen LogP contribution is -2.04. The van der Waals surface area contributed by atoms with Gasteiger partial charge in [-0.25, -0.2) is 4.79 Å². The standard InChI is InChI=1S/C15H17NO2/c1-3-4-10-15(16-18-13(2)17)12-11-14-8-6-5-7-9-14/h1,5-9H,4,10-12H2,2H3/b16-15+. The first-order chi connectivity index (χ1) is 8.72. The van der Waals surface area contributed by atoms with Gasteiger partial charge in [0.05, 0.1) is 5.71 Å². The molecule has 3 heteroatoms. The molecule has 0 fully saturated rings. The van der Waals surface area contributed by atoms with Crippen LogP contribution in [0.5, 0.6) is 0 Å². The Hall–Kier alpha value is -2.08. The third-order valence-corrected chi connectivity index (χ3v) is 2.41. The van der Waals surface area contributed by atoms with Crippen LogP contribution in [0, 0.1) is 12.3 Å². The van der Waals surface area contributed by atoms with Gasteiger partial charge in [-0.1, -0.05) is 35.5 Å². The summed E-state index contributed by atoms with van der Waals surface area (Å²) in [5, 5.41) is 3.85. The largest absolute Gasteiger partial charge is 0.331 e. The predicted octanol–water partition coefficient (Wildman–Crippen LogP) is 2.95. The van der Waals surface area contributed by atoms with E-state index in [9.17, 15) is 4.79 Å². The number of terminal acetylenes is 1. The van der Waals surface area contributed by atoms with Crippen LogP contribution in [0.1, 0.15) is 31.7 Å². The number of aryl methyl sites for hydroxylation is 1. The van der Waals surface area contributed by atoms with E-state index in [1.54, 1.807) is 0 Å². The summed E-state index contributed by atoms with van der Waals surface area (Å²) in [6.07, 6.45) is 8.11. The van der Waals surface area contributed by atoms with Crippen LogP contribution in [-0.4, -0.2) is 11.7 Å². The molecule has 18 heavy (non-hydrogen) atoms. The molecule has 0 amide bonds. The second-order valence-electron chi connectivity index (χ2n) is 3.93. The molecule has 0 aromatic heterocycles. The minimum absolute atomic E-state index is 0.409. The van der Waals surface area contributed by atoms with E-state index < -0.39 is 5.97 Å². The Kier molecular flexibility index (Phi) is 6.27. The topological polar surface area (TPSA) is 38.7 Å². The molecule has 0 heterocycles. The van der Waals surface area contributed by atoms with E-state index in [4.69, 9.17) is 6.42 Å². The number of benzene rings is 1. The Labute approximate surface area is 108 Å². The normalized spacial score (nSPS) is 10.8. The van der Waals surface area contributed by atoms with Gasteiger partial charge < -0.3 is 4.84 Å². The molecule has 0 unspecified atom stereocenters. The minimum Gasteiger partial charge on any atom is -0.319 e. The zero-order chi connectivity index (χ0) is 13.2. The Morgan fingerprint density at radius 1 is 1.33 bits per heavy atom. The highest BCUT2D eigenvalue weighted by Crippen LogP contribution is 2.06. The molecule has 0 aliphatic heterocycles. The van der Waals surface area contributed by atoms with Crippen molar-refractivity contribution < 1.29 is 9.63 Å². The molecule has 1 aromatic rings. The molecular weight excluding hydrogens is 226 g/mol.